The molecule has 3 unspecified atom stereocenters. The number of hydrogen-bond acceptors (Lipinski definition) is 4. The molecular formula is C44H81NO4. The van der Waals surface area contributed by atoms with E-state index in [9.17, 15) is 20.1 Å². The van der Waals surface area contributed by atoms with E-state index in [1.165, 1.54) is 122 Å². The van der Waals surface area contributed by atoms with Gasteiger partial charge in [-0.05, 0) is 64.2 Å². The second kappa shape index (κ2) is 39.1. The van der Waals surface area contributed by atoms with E-state index >= 15 is 0 Å². The van der Waals surface area contributed by atoms with Crippen molar-refractivity contribution in [2.24, 2.45) is 0 Å². The average Bonchev–Trinajstić information content (AvgIpc) is 3.09. The van der Waals surface area contributed by atoms with Crippen molar-refractivity contribution in [1.29, 1.82) is 0 Å². The third-order valence-electron chi connectivity index (χ3n) is 9.34. The molecular weight excluding hydrogens is 606 g/mol. The first-order chi connectivity index (χ1) is 24.0. The van der Waals surface area contributed by atoms with Crippen molar-refractivity contribution in [3.05, 3.63) is 48.6 Å². The first-order valence-electron chi connectivity index (χ1n) is 20.9. The summed E-state index contributed by atoms with van der Waals surface area (Å²) in [7, 11) is 0. The maximum atomic E-state index is 12.4. The van der Waals surface area contributed by atoms with Crippen molar-refractivity contribution in [2.75, 3.05) is 6.61 Å². The third kappa shape index (κ3) is 35.9. The molecule has 5 heteroatoms. The fourth-order valence-electron chi connectivity index (χ4n) is 6.09. The predicted molar refractivity (Wildman–Crippen MR) is 213 cm³/mol. The zero-order valence-corrected chi connectivity index (χ0v) is 32.3. The van der Waals surface area contributed by atoms with E-state index in [0.29, 0.717) is 6.42 Å². The van der Waals surface area contributed by atoms with Crippen molar-refractivity contribution in [1.82, 2.24) is 5.32 Å². The highest BCUT2D eigenvalue weighted by Gasteiger charge is 2.20. The fourth-order valence-corrected chi connectivity index (χ4v) is 6.09. The lowest BCUT2D eigenvalue weighted by molar-refractivity contribution is -0.124. The minimum atomic E-state index is -0.955. The SMILES string of the molecule is CCCCCCCCC/C=C/CC/C=C/C(O)C(CO)NC(=O)CC(O)CCCCCCC/C=C\C/C=C\CCCCCCCCCCC. The van der Waals surface area contributed by atoms with Gasteiger partial charge < -0.3 is 20.6 Å². The van der Waals surface area contributed by atoms with Crippen molar-refractivity contribution >= 4 is 5.91 Å². The molecule has 0 aliphatic rings. The van der Waals surface area contributed by atoms with Crippen LogP contribution in [-0.2, 0) is 4.79 Å². The summed E-state index contributed by atoms with van der Waals surface area (Å²) < 4.78 is 0. The summed E-state index contributed by atoms with van der Waals surface area (Å²) in [6.07, 6.45) is 49.6. The van der Waals surface area contributed by atoms with Gasteiger partial charge in [-0.15, -0.1) is 0 Å². The molecule has 0 aromatic rings. The Morgan fingerprint density at radius 2 is 0.939 bits per heavy atom. The molecule has 1 amide bonds. The molecule has 0 radical (unpaired) electrons. The lowest BCUT2D eigenvalue weighted by atomic mass is 10.0. The highest BCUT2D eigenvalue weighted by atomic mass is 16.3. The van der Waals surface area contributed by atoms with E-state index in [1.54, 1.807) is 6.08 Å². The summed E-state index contributed by atoms with van der Waals surface area (Å²) in [5.41, 5.74) is 0. The average molecular weight is 688 g/mol. The van der Waals surface area contributed by atoms with Gasteiger partial charge in [0.1, 0.15) is 0 Å². The molecule has 49 heavy (non-hydrogen) atoms. The Morgan fingerprint density at radius 1 is 0.531 bits per heavy atom. The number of carbonyl (C=O) groups excluding carboxylic acids is 1. The topological polar surface area (TPSA) is 89.8 Å². The number of nitrogens with one attached hydrogen (secondary N) is 1. The Kier molecular flexibility index (Phi) is 37.8. The summed E-state index contributed by atoms with van der Waals surface area (Å²) in [5.74, 6) is -0.336. The van der Waals surface area contributed by atoms with Crippen LogP contribution in [0.2, 0.25) is 0 Å². The Bertz CT molecular complexity index is 805. The molecule has 3 atom stereocenters. The molecule has 0 aromatic heterocycles. The quantitative estimate of drug-likeness (QED) is 0.0386. The first kappa shape index (κ1) is 47.3. The molecule has 4 N–H and O–H groups in total. The number of aliphatic hydroxyl groups excluding tert-OH is 3. The van der Waals surface area contributed by atoms with Crippen LogP contribution in [0, 0.1) is 0 Å². The van der Waals surface area contributed by atoms with Crippen LogP contribution in [0.15, 0.2) is 48.6 Å². The minimum absolute atomic E-state index is 0.00506. The molecule has 0 saturated heterocycles. The molecule has 5 nitrogen and oxygen atoms in total. The lowest BCUT2D eigenvalue weighted by Crippen LogP contribution is -2.45. The molecule has 0 saturated carbocycles. The van der Waals surface area contributed by atoms with Gasteiger partial charge in [0, 0.05) is 0 Å². The smallest absolute Gasteiger partial charge is 0.222 e. The largest absolute Gasteiger partial charge is 0.394 e. The fraction of sp³-hybridized carbons (Fsp3) is 0.795. The summed E-state index contributed by atoms with van der Waals surface area (Å²) in [6, 6.07) is -0.765. The van der Waals surface area contributed by atoms with E-state index in [4.69, 9.17) is 0 Å². The van der Waals surface area contributed by atoms with Gasteiger partial charge in [-0.25, -0.2) is 0 Å². The molecule has 0 aliphatic carbocycles. The first-order valence-corrected chi connectivity index (χ1v) is 20.9. The van der Waals surface area contributed by atoms with Gasteiger partial charge in [0.15, 0.2) is 0 Å². The van der Waals surface area contributed by atoms with Crippen molar-refractivity contribution in [3.8, 4) is 0 Å². The summed E-state index contributed by atoms with van der Waals surface area (Å²) in [4.78, 5) is 12.4. The van der Waals surface area contributed by atoms with E-state index in [1.807, 2.05) is 6.08 Å². The molecule has 0 aromatic carbocycles. The Labute approximate surface area is 304 Å². The third-order valence-corrected chi connectivity index (χ3v) is 9.34. The molecule has 286 valence electrons. The van der Waals surface area contributed by atoms with Crippen LogP contribution in [0.5, 0.6) is 0 Å². The van der Waals surface area contributed by atoms with Gasteiger partial charge in [-0.3, -0.25) is 4.79 Å². The normalized spacial score (nSPS) is 14.1. The van der Waals surface area contributed by atoms with Gasteiger partial charge in [0.25, 0.3) is 0 Å². The van der Waals surface area contributed by atoms with Gasteiger partial charge in [-0.2, -0.15) is 0 Å². The summed E-state index contributed by atoms with van der Waals surface area (Å²) >= 11 is 0. The number of amides is 1. The molecule has 0 fully saturated rings. The van der Waals surface area contributed by atoms with Crippen LogP contribution in [0.1, 0.15) is 200 Å². The Morgan fingerprint density at radius 3 is 1.43 bits per heavy atom. The van der Waals surface area contributed by atoms with E-state index < -0.39 is 18.2 Å². The Balaban J connectivity index is 3.74. The highest BCUT2D eigenvalue weighted by molar-refractivity contribution is 5.76. The molecule has 0 aliphatic heterocycles. The number of hydrogen-bond donors (Lipinski definition) is 4. The zero-order valence-electron chi connectivity index (χ0n) is 32.3. The van der Waals surface area contributed by atoms with Crippen molar-refractivity contribution in [2.45, 2.75) is 218 Å². The zero-order chi connectivity index (χ0) is 35.9. The van der Waals surface area contributed by atoms with Crippen LogP contribution in [-0.4, -0.2) is 46.1 Å². The van der Waals surface area contributed by atoms with Crippen LogP contribution >= 0.6 is 0 Å². The van der Waals surface area contributed by atoms with Crippen LogP contribution in [0.25, 0.3) is 0 Å². The van der Waals surface area contributed by atoms with Crippen LogP contribution < -0.4 is 5.32 Å². The predicted octanol–water partition coefficient (Wildman–Crippen LogP) is 11.8. The standard InChI is InChI=1S/C44H81NO4/c1-3-5-7-9-11-13-15-17-18-19-20-21-22-23-24-26-27-29-31-33-35-37-41(47)39-44(49)45-42(40-46)43(48)38-36-34-32-30-28-25-16-14-12-10-8-6-4-2/h20-21,23-24,28,30,36,38,41-43,46-48H,3-19,22,25-27,29,31-35,37,39-40H2,1-2H3,(H,45,49)/b21-20-,24-23-,30-28+,38-36+. The summed E-state index contributed by atoms with van der Waals surface area (Å²) in [5, 5.41) is 33.1. The highest BCUT2D eigenvalue weighted by Crippen LogP contribution is 2.13. The molecule has 0 rings (SSSR count). The summed E-state index contributed by atoms with van der Waals surface area (Å²) in [6.45, 7) is 4.17. The van der Waals surface area contributed by atoms with Gasteiger partial charge in [-0.1, -0.05) is 178 Å². The number of rotatable bonds is 37. The van der Waals surface area contributed by atoms with E-state index in [2.05, 4.69) is 55.6 Å². The van der Waals surface area contributed by atoms with Crippen molar-refractivity contribution < 1.29 is 20.1 Å². The van der Waals surface area contributed by atoms with E-state index in [0.717, 1.165) is 51.4 Å². The van der Waals surface area contributed by atoms with Gasteiger partial charge in [0.05, 0.1) is 31.3 Å². The molecule has 0 heterocycles. The van der Waals surface area contributed by atoms with Crippen molar-refractivity contribution in [3.63, 3.8) is 0 Å². The number of aliphatic hydroxyl groups is 3. The second-order valence-electron chi connectivity index (χ2n) is 14.2. The maximum absolute atomic E-state index is 12.4. The number of carbonyl (C=O) groups is 1. The van der Waals surface area contributed by atoms with E-state index in [-0.39, 0.29) is 18.9 Å². The number of allylic oxidation sites excluding steroid dienone is 7. The van der Waals surface area contributed by atoms with Gasteiger partial charge >= 0.3 is 0 Å². The maximum Gasteiger partial charge on any atom is 0.222 e. The molecule has 0 bridgehead atoms. The Hall–Kier alpha value is -1.69. The van der Waals surface area contributed by atoms with Crippen LogP contribution in [0.3, 0.4) is 0 Å². The monoisotopic (exact) mass is 688 g/mol. The minimum Gasteiger partial charge on any atom is -0.394 e. The second-order valence-corrected chi connectivity index (χ2v) is 14.2. The lowest BCUT2D eigenvalue weighted by Gasteiger charge is -2.20. The van der Waals surface area contributed by atoms with Crippen LogP contribution in [0.4, 0.5) is 0 Å². The molecule has 0 spiro atoms. The number of unbranched alkanes of at least 4 members (excludes halogenated alkanes) is 22. The van der Waals surface area contributed by atoms with Gasteiger partial charge in [0.2, 0.25) is 5.91 Å².